The number of esters is 1. The van der Waals surface area contributed by atoms with E-state index in [0.717, 1.165) is 77.0 Å². The van der Waals surface area contributed by atoms with Gasteiger partial charge in [0.15, 0.2) is 0 Å². The van der Waals surface area contributed by atoms with Crippen LogP contribution >= 0.6 is 7.82 Å². The number of quaternary nitrogens is 1. The van der Waals surface area contributed by atoms with Gasteiger partial charge in [-0.25, -0.2) is 0 Å². The van der Waals surface area contributed by atoms with E-state index in [0.29, 0.717) is 23.9 Å². The largest absolute Gasteiger partial charge is 0.756 e. The number of carbonyl (C=O) groups is 2. The first-order chi connectivity index (χ1) is 40.4. The van der Waals surface area contributed by atoms with Gasteiger partial charge in [-0.1, -0.05) is 292 Å². The van der Waals surface area contributed by atoms with Crippen molar-refractivity contribution in [2.24, 2.45) is 0 Å². The van der Waals surface area contributed by atoms with Crippen molar-refractivity contribution in [1.29, 1.82) is 0 Å². The Morgan fingerprint density at radius 2 is 0.783 bits per heavy atom. The molecule has 3 atom stereocenters. The predicted octanol–water partition coefficient (Wildman–Crippen LogP) is 21.5. The lowest BCUT2D eigenvalue weighted by molar-refractivity contribution is -0.870. The maximum Gasteiger partial charge on any atom is 0.306 e. The third-order valence-corrected chi connectivity index (χ3v) is 16.3. The molecule has 3 unspecified atom stereocenters. The smallest absolute Gasteiger partial charge is 0.306 e. The highest BCUT2D eigenvalue weighted by Crippen LogP contribution is 2.38. The van der Waals surface area contributed by atoms with E-state index in [2.05, 4.69) is 99.0 Å². The average Bonchev–Trinajstić information content (AvgIpc) is 3.47. The highest BCUT2D eigenvalue weighted by atomic mass is 31.2. The number of carbonyl (C=O) groups excluding carboxylic acids is 2. The van der Waals surface area contributed by atoms with Gasteiger partial charge in [0.2, 0.25) is 5.91 Å². The van der Waals surface area contributed by atoms with Crippen molar-refractivity contribution in [2.75, 3.05) is 40.9 Å². The standard InChI is InChI=1S/C73H133N2O7P/c1-7-10-13-16-19-22-25-28-30-32-33-34-35-36-37-38-39-40-41-43-44-47-50-53-56-59-62-65-72(76)74-70(69-81-83(78,79)80-68-67-75(4,5)6)71(64-61-58-55-52-49-46-27-24-21-18-15-12-9-3)82-73(77)66-63-60-57-54-51-48-45-42-31-29-26-23-20-17-14-11-8-2/h11,14,20,23,28-31,45,48,54,57,61,64,70-71H,7-10,12-13,15-19,21-22,24-27,32-44,46-47,49-53,55-56,58-60,62-63,65-69H2,1-6H3,(H-,74,76,78,79)/b14-11-,23-20-,30-28+,31-29-,48-45-,57-54-,64-61-. The highest BCUT2D eigenvalue weighted by molar-refractivity contribution is 7.45. The highest BCUT2D eigenvalue weighted by Gasteiger charge is 2.27. The fraction of sp³-hybridized carbons (Fsp3) is 0.781. The molecular formula is C73H133N2O7P. The Morgan fingerprint density at radius 3 is 1.19 bits per heavy atom. The van der Waals surface area contributed by atoms with Crippen LogP contribution in [-0.4, -0.2) is 69.4 Å². The fourth-order valence-corrected chi connectivity index (χ4v) is 10.7. The van der Waals surface area contributed by atoms with Gasteiger partial charge >= 0.3 is 5.97 Å². The van der Waals surface area contributed by atoms with Crippen molar-refractivity contribution in [3.8, 4) is 0 Å². The lowest BCUT2D eigenvalue weighted by Gasteiger charge is -2.30. The molecule has 0 aromatic rings. The summed E-state index contributed by atoms with van der Waals surface area (Å²) < 4.78 is 30.4. The Balaban J connectivity index is 5.10. The minimum atomic E-state index is -4.72. The molecule has 83 heavy (non-hydrogen) atoms. The quantitative estimate of drug-likeness (QED) is 0.0212. The Labute approximate surface area is 514 Å². The number of nitrogens with zero attached hydrogens (tertiary/aromatic N) is 1. The average molecular weight is 1180 g/mol. The van der Waals surface area contributed by atoms with Crippen molar-refractivity contribution in [1.82, 2.24) is 5.32 Å². The van der Waals surface area contributed by atoms with Crippen LogP contribution in [0.25, 0.3) is 0 Å². The van der Waals surface area contributed by atoms with Gasteiger partial charge in [0.05, 0.1) is 33.8 Å². The number of phosphoric acid groups is 1. The van der Waals surface area contributed by atoms with Crippen molar-refractivity contribution in [3.05, 3.63) is 85.1 Å². The number of allylic oxidation sites excluding steroid dienone is 13. The third-order valence-electron chi connectivity index (χ3n) is 15.3. The molecule has 0 fully saturated rings. The summed E-state index contributed by atoms with van der Waals surface area (Å²) in [5.41, 5.74) is 0. The van der Waals surface area contributed by atoms with E-state index in [-0.39, 0.29) is 18.9 Å². The number of hydrogen-bond donors (Lipinski definition) is 1. The van der Waals surface area contributed by atoms with Crippen LogP contribution in [0.3, 0.4) is 0 Å². The number of phosphoric ester groups is 1. The van der Waals surface area contributed by atoms with Gasteiger partial charge in [-0.05, 0) is 96.0 Å². The maximum absolute atomic E-state index is 13.6. The molecular weight excluding hydrogens is 1050 g/mol. The van der Waals surface area contributed by atoms with Gasteiger partial charge in [-0.3, -0.25) is 14.2 Å². The second-order valence-corrected chi connectivity index (χ2v) is 26.1. The minimum absolute atomic E-state index is 0.0329. The van der Waals surface area contributed by atoms with Gasteiger partial charge < -0.3 is 28.5 Å². The molecule has 0 aliphatic heterocycles. The van der Waals surface area contributed by atoms with E-state index in [1.54, 1.807) is 0 Å². The second-order valence-electron chi connectivity index (χ2n) is 24.6. The summed E-state index contributed by atoms with van der Waals surface area (Å²) in [5, 5.41) is 3.03. The number of ether oxygens (including phenoxy) is 1. The maximum atomic E-state index is 13.6. The summed E-state index contributed by atoms with van der Waals surface area (Å²) in [6.07, 6.45) is 82.9. The van der Waals surface area contributed by atoms with Crippen molar-refractivity contribution in [2.45, 2.75) is 328 Å². The van der Waals surface area contributed by atoms with E-state index >= 15 is 0 Å². The molecule has 0 radical (unpaired) electrons. The molecule has 0 aromatic carbocycles. The first-order valence-electron chi connectivity index (χ1n) is 34.9. The molecule has 10 heteroatoms. The SMILES string of the molecule is CC/C=C\C/C=C\C/C=C\C/C=C\C/C=C\CCCC(=O)OC(/C=C\CCCCCCCCCCCCC)C(COP(=O)([O-])OCC[N+](C)(C)C)NC(=O)CCCCCCCCCCCCCCCCCCC/C=C/CCCCCCCC. The Morgan fingerprint density at radius 1 is 0.434 bits per heavy atom. The molecule has 0 heterocycles. The van der Waals surface area contributed by atoms with Crippen LogP contribution in [0, 0.1) is 0 Å². The molecule has 0 aliphatic carbocycles. The molecule has 0 aromatic heterocycles. The summed E-state index contributed by atoms with van der Waals surface area (Å²) in [4.78, 5) is 40.1. The Bertz CT molecular complexity index is 1700. The zero-order valence-electron chi connectivity index (χ0n) is 55.1. The normalized spacial score (nSPS) is 14.1. The zero-order chi connectivity index (χ0) is 60.7. The van der Waals surface area contributed by atoms with Crippen molar-refractivity contribution >= 4 is 19.7 Å². The summed E-state index contributed by atoms with van der Waals surface area (Å²) in [6, 6.07) is -0.915. The molecule has 0 saturated carbocycles. The van der Waals surface area contributed by atoms with E-state index in [9.17, 15) is 19.0 Å². The van der Waals surface area contributed by atoms with Gasteiger partial charge in [-0.2, -0.15) is 0 Å². The summed E-state index contributed by atoms with van der Waals surface area (Å²) in [7, 11) is 1.16. The molecule has 0 spiro atoms. The molecule has 0 rings (SSSR count). The number of nitrogens with one attached hydrogen (secondary N) is 1. The monoisotopic (exact) mass is 1180 g/mol. The second kappa shape index (κ2) is 62.2. The number of likely N-dealkylation sites (N-methyl/N-ethyl adjacent to an activating group) is 1. The van der Waals surface area contributed by atoms with Crippen LogP contribution in [0.2, 0.25) is 0 Å². The Hall–Kier alpha value is -2.81. The number of amides is 1. The topological polar surface area (TPSA) is 114 Å². The summed E-state index contributed by atoms with van der Waals surface area (Å²) in [5.74, 6) is -0.602. The molecule has 1 N–H and O–H groups in total. The van der Waals surface area contributed by atoms with Gasteiger partial charge in [0.25, 0.3) is 7.82 Å². The number of rotatable bonds is 63. The van der Waals surface area contributed by atoms with Crippen LogP contribution in [0.4, 0.5) is 0 Å². The molecule has 0 saturated heterocycles. The summed E-state index contributed by atoms with van der Waals surface area (Å²) in [6.45, 7) is 6.72. The fourth-order valence-electron chi connectivity index (χ4n) is 9.97. The summed E-state index contributed by atoms with van der Waals surface area (Å²) >= 11 is 0. The minimum Gasteiger partial charge on any atom is -0.756 e. The van der Waals surface area contributed by atoms with E-state index < -0.39 is 32.5 Å². The number of hydrogen-bond acceptors (Lipinski definition) is 7. The predicted molar refractivity (Wildman–Crippen MR) is 358 cm³/mol. The van der Waals surface area contributed by atoms with Crippen LogP contribution < -0.4 is 10.2 Å². The molecule has 1 amide bonds. The molecule has 0 aliphatic rings. The Kier molecular flexibility index (Phi) is 60.1. The first kappa shape index (κ1) is 80.2. The van der Waals surface area contributed by atoms with Gasteiger partial charge in [-0.15, -0.1) is 0 Å². The molecule has 9 nitrogen and oxygen atoms in total. The molecule has 482 valence electrons. The van der Waals surface area contributed by atoms with Crippen molar-refractivity contribution < 1.29 is 37.3 Å². The first-order valence-corrected chi connectivity index (χ1v) is 36.4. The van der Waals surface area contributed by atoms with Crippen LogP contribution in [-0.2, 0) is 27.9 Å². The van der Waals surface area contributed by atoms with E-state index in [1.807, 2.05) is 33.3 Å². The zero-order valence-corrected chi connectivity index (χ0v) is 56.0. The van der Waals surface area contributed by atoms with E-state index in [4.69, 9.17) is 13.8 Å². The van der Waals surface area contributed by atoms with Gasteiger partial charge in [0, 0.05) is 12.8 Å². The number of unbranched alkanes of at least 4 members (excludes halogenated alkanes) is 35. The lowest BCUT2D eigenvalue weighted by atomic mass is 10.0. The lowest BCUT2D eigenvalue weighted by Crippen LogP contribution is -2.47. The van der Waals surface area contributed by atoms with Crippen LogP contribution in [0.15, 0.2) is 85.1 Å². The van der Waals surface area contributed by atoms with Crippen LogP contribution in [0.5, 0.6) is 0 Å². The van der Waals surface area contributed by atoms with Crippen molar-refractivity contribution in [3.63, 3.8) is 0 Å². The molecule has 0 bridgehead atoms. The van der Waals surface area contributed by atoms with Crippen LogP contribution in [0.1, 0.15) is 316 Å². The third kappa shape index (κ3) is 63.5. The van der Waals surface area contributed by atoms with Gasteiger partial charge in [0.1, 0.15) is 19.3 Å². The van der Waals surface area contributed by atoms with E-state index in [1.165, 1.54) is 199 Å².